The average molecular weight is 262 g/mol. The second-order valence-electron chi connectivity index (χ2n) is 6.02. The zero-order chi connectivity index (χ0) is 14.0. The average Bonchev–Trinajstić information content (AvgIpc) is 2.41. The number of hydrogen-bond acceptors (Lipinski definition) is 3. The molecule has 0 amide bonds. The Balaban J connectivity index is 2.28. The third kappa shape index (κ3) is 2.63. The maximum absolute atomic E-state index is 9.83. The summed E-state index contributed by atoms with van der Waals surface area (Å²) < 4.78 is 0. The Kier molecular flexibility index (Phi) is 4.16. The molecule has 1 N–H and O–H groups in total. The molecule has 0 saturated carbocycles. The maximum Gasteiger partial charge on any atom is 0.0632 e. The van der Waals surface area contributed by atoms with Crippen LogP contribution in [0.15, 0.2) is 18.2 Å². The highest BCUT2D eigenvalue weighted by Crippen LogP contribution is 2.31. The van der Waals surface area contributed by atoms with Gasteiger partial charge in [0.25, 0.3) is 0 Å². The highest BCUT2D eigenvalue weighted by atomic mass is 16.3. The highest BCUT2D eigenvalue weighted by Gasteiger charge is 2.37. The van der Waals surface area contributed by atoms with Gasteiger partial charge in [0.2, 0.25) is 0 Å². The number of likely N-dealkylation sites (N-methyl/N-ethyl adjacent to an activating group) is 1. The molecule has 2 rings (SSSR count). The van der Waals surface area contributed by atoms with Crippen LogP contribution in [0.1, 0.15) is 24.0 Å². The first-order chi connectivity index (χ1) is 9.00. The van der Waals surface area contributed by atoms with Crippen LogP contribution in [0.2, 0.25) is 0 Å². The summed E-state index contributed by atoms with van der Waals surface area (Å²) in [7, 11) is 4.14. The molecule has 1 aliphatic heterocycles. The molecule has 0 spiro atoms. The molecule has 1 aromatic carbocycles. The summed E-state index contributed by atoms with van der Waals surface area (Å²) in [6, 6.07) is 6.49. The highest BCUT2D eigenvalue weighted by molar-refractivity contribution is 5.56. The van der Waals surface area contributed by atoms with E-state index in [0.717, 1.165) is 25.9 Å². The van der Waals surface area contributed by atoms with Crippen LogP contribution in [-0.4, -0.2) is 49.3 Å². The lowest BCUT2D eigenvalue weighted by Crippen LogP contribution is -2.58. The van der Waals surface area contributed by atoms with E-state index in [1.165, 1.54) is 16.8 Å². The van der Waals surface area contributed by atoms with Gasteiger partial charge in [-0.25, -0.2) is 0 Å². The van der Waals surface area contributed by atoms with Crippen molar-refractivity contribution in [3.05, 3.63) is 29.3 Å². The van der Waals surface area contributed by atoms with Crippen LogP contribution in [0.5, 0.6) is 0 Å². The lowest BCUT2D eigenvalue weighted by Gasteiger charge is -2.47. The lowest BCUT2D eigenvalue weighted by atomic mass is 9.88. The van der Waals surface area contributed by atoms with Gasteiger partial charge in [-0.1, -0.05) is 12.1 Å². The number of nitrogens with zero attached hydrogens (tertiary/aromatic N) is 2. The lowest BCUT2D eigenvalue weighted by molar-refractivity contribution is 0.0547. The van der Waals surface area contributed by atoms with Crippen LogP contribution in [0.25, 0.3) is 0 Å². The fraction of sp³-hybridized carbons (Fsp3) is 0.625. The Bertz CT molecular complexity index is 444. The van der Waals surface area contributed by atoms with Crippen LogP contribution >= 0.6 is 0 Å². The van der Waals surface area contributed by atoms with Crippen molar-refractivity contribution in [2.24, 2.45) is 0 Å². The van der Waals surface area contributed by atoms with Crippen molar-refractivity contribution in [2.45, 2.75) is 32.2 Å². The largest absolute Gasteiger partial charge is 0.394 e. The van der Waals surface area contributed by atoms with Gasteiger partial charge in [-0.05, 0) is 58.0 Å². The summed E-state index contributed by atoms with van der Waals surface area (Å²) in [4.78, 5) is 4.62. The van der Waals surface area contributed by atoms with Crippen molar-refractivity contribution < 1.29 is 5.11 Å². The van der Waals surface area contributed by atoms with Crippen LogP contribution in [0.3, 0.4) is 0 Å². The minimum Gasteiger partial charge on any atom is -0.394 e. The van der Waals surface area contributed by atoms with Gasteiger partial charge in [0.15, 0.2) is 0 Å². The van der Waals surface area contributed by atoms with Gasteiger partial charge in [-0.2, -0.15) is 0 Å². The third-order valence-electron chi connectivity index (χ3n) is 4.72. The minimum absolute atomic E-state index is 0.103. The molecule has 1 fully saturated rings. The zero-order valence-electron chi connectivity index (χ0n) is 12.6. The fourth-order valence-corrected chi connectivity index (χ4v) is 3.03. The summed E-state index contributed by atoms with van der Waals surface area (Å²) in [6.07, 6.45) is 2.20. The number of benzene rings is 1. The normalized spacial score (nSPS) is 24.0. The molecule has 3 nitrogen and oxygen atoms in total. The van der Waals surface area contributed by atoms with Crippen LogP contribution in [0.4, 0.5) is 5.69 Å². The van der Waals surface area contributed by atoms with Crippen molar-refractivity contribution >= 4 is 5.69 Å². The number of aryl methyl sites for hydroxylation is 1. The van der Waals surface area contributed by atoms with Crippen LogP contribution < -0.4 is 4.90 Å². The van der Waals surface area contributed by atoms with E-state index >= 15 is 0 Å². The summed E-state index contributed by atoms with van der Waals surface area (Å²) in [6.45, 7) is 6.56. The summed E-state index contributed by atoms with van der Waals surface area (Å²) in [5.41, 5.74) is 3.91. The van der Waals surface area contributed by atoms with E-state index in [1.807, 2.05) is 0 Å². The Morgan fingerprint density at radius 3 is 2.68 bits per heavy atom. The summed E-state index contributed by atoms with van der Waals surface area (Å²) in [5, 5.41) is 9.83. The predicted molar refractivity (Wildman–Crippen MR) is 80.9 cm³/mol. The SMILES string of the molecule is Cc1cccc(N2CCCC(CO)(N(C)C)C2)c1C. The molecule has 106 valence electrons. The van der Waals surface area contributed by atoms with E-state index < -0.39 is 0 Å². The maximum atomic E-state index is 9.83. The van der Waals surface area contributed by atoms with E-state index in [-0.39, 0.29) is 12.1 Å². The third-order valence-corrected chi connectivity index (χ3v) is 4.72. The molecule has 1 atom stereocenters. The summed E-state index contributed by atoms with van der Waals surface area (Å²) >= 11 is 0. The molecular weight excluding hydrogens is 236 g/mol. The Labute approximate surface area is 116 Å². The minimum atomic E-state index is -0.103. The molecule has 1 unspecified atom stereocenters. The monoisotopic (exact) mass is 262 g/mol. The number of aliphatic hydroxyl groups excluding tert-OH is 1. The van der Waals surface area contributed by atoms with Gasteiger partial charge < -0.3 is 10.0 Å². The molecule has 1 heterocycles. The Morgan fingerprint density at radius 2 is 2.05 bits per heavy atom. The molecule has 1 aromatic rings. The molecule has 0 bridgehead atoms. The first-order valence-electron chi connectivity index (χ1n) is 7.10. The topological polar surface area (TPSA) is 26.7 Å². The van der Waals surface area contributed by atoms with E-state index in [4.69, 9.17) is 0 Å². The van der Waals surface area contributed by atoms with Gasteiger partial charge in [-0.3, -0.25) is 4.90 Å². The number of rotatable bonds is 3. The standard InChI is InChI=1S/C16H26N2O/c1-13-7-5-8-15(14(13)2)18-10-6-9-16(11-18,12-19)17(3)4/h5,7-8,19H,6,9-12H2,1-4H3. The molecule has 1 saturated heterocycles. The fourth-order valence-electron chi connectivity index (χ4n) is 3.03. The Hall–Kier alpha value is -1.06. The molecule has 3 heteroatoms. The predicted octanol–water partition coefficient (Wildman–Crippen LogP) is 2.20. The van der Waals surface area contributed by atoms with Crippen molar-refractivity contribution in [3.63, 3.8) is 0 Å². The number of piperidine rings is 1. The second-order valence-corrected chi connectivity index (χ2v) is 6.02. The van der Waals surface area contributed by atoms with Crippen molar-refractivity contribution in [1.82, 2.24) is 4.90 Å². The smallest absolute Gasteiger partial charge is 0.0632 e. The quantitative estimate of drug-likeness (QED) is 0.904. The molecule has 0 aliphatic carbocycles. The molecule has 19 heavy (non-hydrogen) atoms. The molecule has 0 aromatic heterocycles. The molecule has 1 aliphatic rings. The summed E-state index contributed by atoms with van der Waals surface area (Å²) in [5.74, 6) is 0. The Morgan fingerprint density at radius 1 is 1.32 bits per heavy atom. The van der Waals surface area contributed by atoms with E-state index in [2.05, 4.69) is 55.9 Å². The van der Waals surface area contributed by atoms with Crippen LogP contribution in [-0.2, 0) is 0 Å². The first kappa shape index (κ1) is 14.4. The van der Waals surface area contributed by atoms with E-state index in [0.29, 0.717) is 0 Å². The molecular formula is C16H26N2O. The van der Waals surface area contributed by atoms with Gasteiger partial charge in [0.05, 0.1) is 12.1 Å². The first-order valence-corrected chi connectivity index (χ1v) is 7.10. The number of anilines is 1. The van der Waals surface area contributed by atoms with Crippen LogP contribution in [0, 0.1) is 13.8 Å². The van der Waals surface area contributed by atoms with Crippen molar-refractivity contribution in [3.8, 4) is 0 Å². The van der Waals surface area contributed by atoms with Gasteiger partial charge in [0, 0.05) is 18.8 Å². The van der Waals surface area contributed by atoms with Gasteiger partial charge >= 0.3 is 0 Å². The molecule has 0 radical (unpaired) electrons. The van der Waals surface area contributed by atoms with Crippen molar-refractivity contribution in [2.75, 3.05) is 38.7 Å². The second kappa shape index (κ2) is 5.51. The van der Waals surface area contributed by atoms with E-state index in [9.17, 15) is 5.11 Å². The van der Waals surface area contributed by atoms with Crippen molar-refractivity contribution in [1.29, 1.82) is 0 Å². The number of hydrogen-bond donors (Lipinski definition) is 1. The van der Waals surface area contributed by atoms with E-state index in [1.54, 1.807) is 0 Å². The van der Waals surface area contributed by atoms with Gasteiger partial charge in [0.1, 0.15) is 0 Å². The number of aliphatic hydroxyl groups is 1. The van der Waals surface area contributed by atoms with Gasteiger partial charge in [-0.15, -0.1) is 0 Å². The zero-order valence-corrected chi connectivity index (χ0v) is 12.6.